The number of halogens is 1. The molecule has 0 saturated carbocycles. The first kappa shape index (κ1) is 18.1. The molecule has 1 aromatic heterocycles. The van der Waals surface area contributed by atoms with Crippen LogP contribution in [-0.4, -0.2) is 26.5 Å². The zero-order valence-corrected chi connectivity index (χ0v) is 14.8. The van der Waals surface area contributed by atoms with E-state index in [1.807, 2.05) is 0 Å². The lowest BCUT2D eigenvalue weighted by atomic mass is 10.0. The Kier molecular flexibility index (Phi) is 5.03. The molecule has 1 unspecified atom stereocenters. The SMILES string of the molecule is COC(=O)C1CC(NS(=O)(=O)c2ccccc2)=C(c2ccc(F)cn2)C1. The Balaban J connectivity index is 1.97. The van der Waals surface area contributed by atoms with E-state index in [1.54, 1.807) is 18.2 Å². The molecule has 0 fully saturated rings. The minimum Gasteiger partial charge on any atom is -0.469 e. The predicted octanol–water partition coefficient (Wildman–Crippen LogP) is 2.49. The third-order valence-electron chi connectivity index (χ3n) is 4.15. The van der Waals surface area contributed by atoms with Crippen molar-refractivity contribution in [2.24, 2.45) is 5.92 Å². The number of hydrogen-bond acceptors (Lipinski definition) is 5. The lowest BCUT2D eigenvalue weighted by molar-refractivity contribution is -0.145. The average molecular weight is 376 g/mol. The van der Waals surface area contributed by atoms with Crippen LogP contribution in [0.3, 0.4) is 0 Å². The summed E-state index contributed by atoms with van der Waals surface area (Å²) in [6.45, 7) is 0. The number of allylic oxidation sites excluding steroid dienone is 2. The summed E-state index contributed by atoms with van der Waals surface area (Å²) in [7, 11) is -2.53. The van der Waals surface area contributed by atoms with E-state index in [-0.39, 0.29) is 17.7 Å². The molecule has 1 aliphatic carbocycles. The molecule has 0 amide bonds. The largest absolute Gasteiger partial charge is 0.469 e. The van der Waals surface area contributed by atoms with Gasteiger partial charge in [0.1, 0.15) is 5.82 Å². The van der Waals surface area contributed by atoms with Gasteiger partial charge in [-0.2, -0.15) is 0 Å². The number of aromatic nitrogens is 1. The van der Waals surface area contributed by atoms with E-state index in [2.05, 4.69) is 9.71 Å². The van der Waals surface area contributed by atoms with Crippen LogP contribution in [0.2, 0.25) is 0 Å². The Hall–Kier alpha value is -2.74. The molecule has 0 spiro atoms. The highest BCUT2D eigenvalue weighted by atomic mass is 32.2. The average Bonchev–Trinajstić information content (AvgIpc) is 3.05. The van der Waals surface area contributed by atoms with Gasteiger partial charge in [-0.3, -0.25) is 14.5 Å². The number of pyridine rings is 1. The second-order valence-electron chi connectivity index (χ2n) is 5.87. The normalized spacial score (nSPS) is 17.2. The van der Waals surface area contributed by atoms with Gasteiger partial charge in [0.25, 0.3) is 10.0 Å². The summed E-state index contributed by atoms with van der Waals surface area (Å²) in [5, 5.41) is 0. The topological polar surface area (TPSA) is 85.4 Å². The zero-order valence-electron chi connectivity index (χ0n) is 14.0. The molecule has 0 bridgehead atoms. The number of methoxy groups -OCH3 is 1. The molecular weight excluding hydrogens is 359 g/mol. The van der Waals surface area contributed by atoms with Crippen molar-refractivity contribution in [2.75, 3.05) is 7.11 Å². The Labute approximate surface area is 150 Å². The molecule has 3 rings (SSSR count). The van der Waals surface area contributed by atoms with Crippen molar-refractivity contribution in [3.8, 4) is 0 Å². The van der Waals surface area contributed by atoms with Gasteiger partial charge in [0, 0.05) is 12.1 Å². The first-order valence-corrected chi connectivity index (χ1v) is 9.38. The van der Waals surface area contributed by atoms with Crippen LogP contribution >= 0.6 is 0 Å². The maximum Gasteiger partial charge on any atom is 0.309 e. The number of benzene rings is 1. The number of nitrogens with zero attached hydrogens (tertiary/aromatic N) is 1. The predicted molar refractivity (Wildman–Crippen MR) is 92.6 cm³/mol. The highest BCUT2D eigenvalue weighted by Gasteiger charge is 2.33. The van der Waals surface area contributed by atoms with E-state index < -0.39 is 27.7 Å². The van der Waals surface area contributed by atoms with Crippen molar-refractivity contribution >= 4 is 21.6 Å². The number of carbonyl (C=O) groups is 1. The zero-order chi connectivity index (χ0) is 18.7. The Morgan fingerprint density at radius 2 is 1.92 bits per heavy atom. The van der Waals surface area contributed by atoms with Crippen LogP contribution in [0.4, 0.5) is 4.39 Å². The highest BCUT2D eigenvalue weighted by Crippen LogP contribution is 2.37. The van der Waals surface area contributed by atoms with Gasteiger partial charge < -0.3 is 4.74 Å². The van der Waals surface area contributed by atoms with Gasteiger partial charge in [0.15, 0.2) is 0 Å². The lowest BCUT2D eigenvalue weighted by Crippen LogP contribution is -2.24. The fourth-order valence-electron chi connectivity index (χ4n) is 2.88. The summed E-state index contributed by atoms with van der Waals surface area (Å²) in [6, 6.07) is 10.6. The minimum atomic E-state index is -3.81. The smallest absolute Gasteiger partial charge is 0.309 e. The van der Waals surface area contributed by atoms with Crippen molar-refractivity contribution < 1.29 is 22.3 Å². The van der Waals surface area contributed by atoms with Crippen LogP contribution in [0.1, 0.15) is 18.5 Å². The first-order valence-electron chi connectivity index (χ1n) is 7.90. The summed E-state index contributed by atoms with van der Waals surface area (Å²) >= 11 is 0. The van der Waals surface area contributed by atoms with E-state index in [9.17, 15) is 17.6 Å². The monoisotopic (exact) mass is 376 g/mol. The molecule has 8 heteroatoms. The fourth-order valence-corrected chi connectivity index (χ4v) is 4.05. The molecule has 6 nitrogen and oxygen atoms in total. The van der Waals surface area contributed by atoms with E-state index in [0.29, 0.717) is 17.0 Å². The van der Waals surface area contributed by atoms with E-state index in [4.69, 9.17) is 4.74 Å². The maximum atomic E-state index is 13.2. The molecule has 2 aromatic rings. The molecule has 1 N–H and O–H groups in total. The number of esters is 1. The van der Waals surface area contributed by atoms with Crippen molar-refractivity contribution in [3.63, 3.8) is 0 Å². The molecule has 26 heavy (non-hydrogen) atoms. The van der Waals surface area contributed by atoms with Crippen molar-refractivity contribution in [1.29, 1.82) is 0 Å². The summed E-state index contributed by atoms with van der Waals surface area (Å²) in [4.78, 5) is 16.0. The van der Waals surface area contributed by atoms with E-state index in [1.165, 1.54) is 31.4 Å². The maximum absolute atomic E-state index is 13.2. The highest BCUT2D eigenvalue weighted by molar-refractivity contribution is 7.89. The van der Waals surface area contributed by atoms with E-state index >= 15 is 0 Å². The molecule has 1 heterocycles. The lowest BCUT2D eigenvalue weighted by Gasteiger charge is -2.11. The minimum absolute atomic E-state index is 0.112. The number of ether oxygens (including phenoxy) is 1. The van der Waals surface area contributed by atoms with Crippen molar-refractivity contribution in [1.82, 2.24) is 9.71 Å². The van der Waals surface area contributed by atoms with Crippen LogP contribution < -0.4 is 4.72 Å². The van der Waals surface area contributed by atoms with Crippen molar-refractivity contribution in [3.05, 3.63) is 65.9 Å². The molecule has 0 saturated heterocycles. The van der Waals surface area contributed by atoms with Crippen molar-refractivity contribution in [2.45, 2.75) is 17.7 Å². The second kappa shape index (κ2) is 7.25. The third kappa shape index (κ3) is 3.75. The van der Waals surface area contributed by atoms with Crippen LogP contribution in [0.5, 0.6) is 0 Å². The van der Waals surface area contributed by atoms with Gasteiger partial charge in [-0.25, -0.2) is 12.8 Å². The molecule has 1 aliphatic rings. The van der Waals surface area contributed by atoms with Gasteiger partial charge in [0.05, 0.1) is 29.8 Å². The molecule has 1 atom stereocenters. The molecule has 1 aromatic carbocycles. The Morgan fingerprint density at radius 3 is 2.54 bits per heavy atom. The number of rotatable bonds is 5. The third-order valence-corrected chi connectivity index (χ3v) is 5.56. The number of carbonyl (C=O) groups excluding carboxylic acids is 1. The van der Waals surface area contributed by atoms with Gasteiger partial charge in [-0.05, 0) is 36.3 Å². The summed E-state index contributed by atoms with van der Waals surface area (Å²) < 4.78 is 45.7. The Morgan fingerprint density at radius 1 is 1.19 bits per heavy atom. The van der Waals surface area contributed by atoms with E-state index in [0.717, 1.165) is 6.20 Å². The number of nitrogens with one attached hydrogen (secondary N) is 1. The van der Waals surface area contributed by atoms with Gasteiger partial charge in [0.2, 0.25) is 0 Å². The van der Waals surface area contributed by atoms with Gasteiger partial charge in [-0.15, -0.1) is 0 Å². The molecule has 0 radical (unpaired) electrons. The molecule has 0 aliphatic heterocycles. The van der Waals surface area contributed by atoms with Crippen LogP contribution in [-0.2, 0) is 19.6 Å². The van der Waals surface area contributed by atoms with Gasteiger partial charge >= 0.3 is 5.97 Å². The fraction of sp³-hybridized carbons (Fsp3) is 0.222. The quantitative estimate of drug-likeness (QED) is 0.811. The number of sulfonamides is 1. The molecule has 136 valence electrons. The number of hydrogen-bond donors (Lipinski definition) is 1. The van der Waals surface area contributed by atoms with Crippen LogP contribution in [0, 0.1) is 11.7 Å². The summed E-state index contributed by atoms with van der Waals surface area (Å²) in [5.41, 5.74) is 1.34. The van der Waals surface area contributed by atoms with Crippen LogP contribution in [0.25, 0.3) is 5.57 Å². The van der Waals surface area contributed by atoms with Gasteiger partial charge in [-0.1, -0.05) is 18.2 Å². The van der Waals surface area contributed by atoms with Crippen LogP contribution in [0.15, 0.2) is 59.3 Å². The second-order valence-corrected chi connectivity index (χ2v) is 7.55. The Bertz CT molecular complexity index is 941. The first-order chi connectivity index (χ1) is 12.4. The summed E-state index contributed by atoms with van der Waals surface area (Å²) in [6.07, 6.45) is 1.49. The standard InChI is InChI=1S/C18H17FN2O4S/c1-25-18(22)12-9-15(16-8-7-13(19)11-20-16)17(10-12)21-26(23,24)14-5-3-2-4-6-14/h2-8,11-12,21H,9-10H2,1H3. The summed E-state index contributed by atoms with van der Waals surface area (Å²) in [5.74, 6) is -1.45. The molecular formula is C18H17FN2O4S.